The lowest BCUT2D eigenvalue weighted by atomic mass is 9.99. The molecule has 0 radical (unpaired) electrons. The number of nitrogens with zero attached hydrogens (tertiary/aromatic N) is 4. The molecule has 0 bridgehead atoms. The maximum absolute atomic E-state index is 15.4. The van der Waals surface area contributed by atoms with Crippen LogP contribution in [0.5, 0.6) is 0 Å². The van der Waals surface area contributed by atoms with Crippen molar-refractivity contribution in [3.8, 4) is 11.5 Å². The Morgan fingerprint density at radius 2 is 1.39 bits per heavy atom. The number of rotatable bonds is 15. The summed E-state index contributed by atoms with van der Waals surface area (Å²) in [6, 6.07) is 1.66. The number of carbonyl (C=O) groups is 4. The Labute approximate surface area is 349 Å². The largest absolute Gasteiger partial charge is 0.352 e. The van der Waals surface area contributed by atoms with Crippen LogP contribution in [0.1, 0.15) is 59.4 Å². The lowest BCUT2D eigenvalue weighted by Crippen LogP contribution is -2.56. The van der Waals surface area contributed by atoms with E-state index >= 15 is 17.6 Å². The van der Waals surface area contributed by atoms with E-state index in [-0.39, 0.29) is 41.9 Å². The Bertz CT molecular complexity index is 2300. The number of imidazole rings is 1. The molecule has 2 fully saturated rings. The first-order valence-corrected chi connectivity index (χ1v) is 20.5. The van der Waals surface area contributed by atoms with Gasteiger partial charge in [0.25, 0.3) is 11.8 Å². The van der Waals surface area contributed by atoms with Crippen molar-refractivity contribution in [3.63, 3.8) is 0 Å². The lowest BCUT2D eigenvalue weighted by Gasteiger charge is -2.31. The third-order valence-corrected chi connectivity index (χ3v) is 11.9. The zero-order valence-corrected chi connectivity index (χ0v) is 35.1. The molecule has 4 heterocycles. The number of hydrogen-bond donors (Lipinski definition) is 5. The number of amides is 4. The number of fused-ring (bicyclic) bond motifs is 2. The van der Waals surface area contributed by atoms with Crippen LogP contribution in [-0.2, 0) is 32.1 Å². The van der Waals surface area contributed by atoms with Crippen molar-refractivity contribution in [2.45, 2.75) is 115 Å². The SMILES string of the molecule is CC[C@H](NC(=O)[C@H](C)NC)C(=O)N1CC(F)(F)C[C@H]1Cc1c(-c2nc3cc(F)ccc3n2C[C@@H]2CC(F)(F)CN2C(=O)C(NC(=O)[C@H](C)NC)C(C)C)[nH]c2cc(F)ccc12. The number of alkyl halides is 4. The number of hydrogen-bond acceptors (Lipinski definition) is 7. The van der Waals surface area contributed by atoms with Crippen LogP contribution in [0.25, 0.3) is 33.5 Å². The maximum Gasteiger partial charge on any atom is 0.267 e. The zero-order chi connectivity index (χ0) is 44.7. The minimum atomic E-state index is -3.32. The Morgan fingerprint density at radius 1 is 0.820 bits per heavy atom. The molecule has 2 aromatic carbocycles. The van der Waals surface area contributed by atoms with E-state index in [1.165, 1.54) is 28.8 Å². The van der Waals surface area contributed by atoms with Crippen LogP contribution >= 0.6 is 0 Å². The first-order valence-electron chi connectivity index (χ1n) is 20.5. The van der Waals surface area contributed by atoms with Crippen molar-refractivity contribution >= 4 is 45.6 Å². The summed E-state index contributed by atoms with van der Waals surface area (Å²) in [6.45, 7) is 6.06. The van der Waals surface area contributed by atoms with Crippen LogP contribution in [0, 0.1) is 17.6 Å². The molecule has 6 rings (SSSR count). The van der Waals surface area contributed by atoms with Crippen molar-refractivity contribution in [2.75, 3.05) is 27.2 Å². The monoisotopic (exact) mass is 861 g/mol. The number of benzene rings is 2. The normalized spacial score (nSPS) is 20.6. The summed E-state index contributed by atoms with van der Waals surface area (Å²) < 4.78 is 92.7. The number of likely N-dealkylation sites (tertiary alicyclic amines) is 2. The van der Waals surface area contributed by atoms with Crippen LogP contribution in [-0.4, -0.2) is 123 Å². The molecule has 4 aromatic rings. The molecule has 0 aliphatic carbocycles. The summed E-state index contributed by atoms with van der Waals surface area (Å²) in [5.41, 5.74) is 1.18. The molecule has 6 atom stereocenters. The number of H-pyrrole nitrogens is 1. The number of halogens is 6. The quantitative estimate of drug-likeness (QED) is 0.108. The lowest BCUT2D eigenvalue weighted by molar-refractivity contribution is -0.139. The summed E-state index contributed by atoms with van der Waals surface area (Å²) in [5, 5.41) is 11.3. The van der Waals surface area contributed by atoms with Gasteiger partial charge in [0, 0.05) is 42.4 Å². The van der Waals surface area contributed by atoms with Crippen LogP contribution in [0.2, 0.25) is 0 Å². The second-order valence-corrected chi connectivity index (χ2v) is 16.6. The number of nitrogens with one attached hydrogen (secondary N) is 5. The van der Waals surface area contributed by atoms with Crippen molar-refractivity contribution < 1.29 is 45.5 Å². The smallest absolute Gasteiger partial charge is 0.267 e. The van der Waals surface area contributed by atoms with Gasteiger partial charge in [0.15, 0.2) is 5.82 Å². The van der Waals surface area contributed by atoms with E-state index < -0.39 is 115 Å². The molecule has 1 unspecified atom stereocenters. The summed E-state index contributed by atoms with van der Waals surface area (Å²) in [5.74, 6) is -10.7. The number of aromatic amines is 1. The molecule has 13 nitrogen and oxygen atoms in total. The van der Waals surface area contributed by atoms with Gasteiger partial charge in [-0.05, 0) is 82.6 Å². The minimum Gasteiger partial charge on any atom is -0.352 e. The molecule has 4 amide bonds. The minimum absolute atomic E-state index is 0.0637. The van der Waals surface area contributed by atoms with Gasteiger partial charge in [-0.15, -0.1) is 0 Å². The van der Waals surface area contributed by atoms with E-state index in [4.69, 9.17) is 4.98 Å². The molecular weight excluding hydrogens is 809 g/mol. The Hall–Kier alpha value is -5.17. The number of aromatic nitrogens is 3. The van der Waals surface area contributed by atoms with Crippen LogP contribution < -0.4 is 21.3 Å². The summed E-state index contributed by atoms with van der Waals surface area (Å²) in [4.78, 5) is 63.7. The first kappa shape index (κ1) is 45.4. The Morgan fingerprint density at radius 3 is 2.00 bits per heavy atom. The second-order valence-electron chi connectivity index (χ2n) is 16.6. The fourth-order valence-corrected chi connectivity index (χ4v) is 8.28. The fourth-order valence-electron chi connectivity index (χ4n) is 8.28. The van der Waals surface area contributed by atoms with Gasteiger partial charge in [-0.25, -0.2) is 31.3 Å². The van der Waals surface area contributed by atoms with Gasteiger partial charge in [0.1, 0.15) is 23.7 Å². The molecule has 2 aromatic heterocycles. The van der Waals surface area contributed by atoms with Gasteiger partial charge < -0.3 is 40.6 Å². The van der Waals surface area contributed by atoms with Gasteiger partial charge in [-0.1, -0.05) is 20.8 Å². The molecule has 5 N–H and O–H groups in total. The molecule has 2 aliphatic heterocycles. The number of carbonyl (C=O) groups excluding carboxylic acids is 4. The number of likely N-dealkylation sites (N-methyl/N-ethyl adjacent to an activating group) is 2. The molecule has 61 heavy (non-hydrogen) atoms. The van der Waals surface area contributed by atoms with E-state index in [1.54, 1.807) is 48.7 Å². The van der Waals surface area contributed by atoms with Crippen molar-refractivity contribution in [1.29, 1.82) is 0 Å². The molecular formula is C42H53F6N9O4. The Kier molecular flexibility index (Phi) is 13.1. The molecule has 2 aliphatic rings. The third-order valence-electron chi connectivity index (χ3n) is 11.9. The topological polar surface area (TPSA) is 156 Å². The predicted molar refractivity (Wildman–Crippen MR) is 217 cm³/mol. The summed E-state index contributed by atoms with van der Waals surface area (Å²) in [6.07, 6.45) is -1.58. The summed E-state index contributed by atoms with van der Waals surface area (Å²) in [7, 11) is 3.13. The standard InChI is InChI=1S/C42H53F6N9O4/c1-8-30(53-37(58)22(4)49-6)39(60)56-19-41(45,46)16-26(56)15-29-28-11-9-24(43)13-31(28)51-35(29)36-52-32-14-25(44)10-12-33(32)55(36)18-27-17-42(47,48)20-57(27)40(61)34(21(2)3)54-38(59)23(5)50-7/h9-14,21-23,26-27,30,34,49-51H,8,15-20H2,1-7H3,(H,53,58)(H,54,59)/t22-,23-,26+,27-,30-,34?/m0/s1. The van der Waals surface area contributed by atoms with E-state index in [0.29, 0.717) is 16.5 Å². The Balaban J connectivity index is 1.44. The molecule has 0 saturated carbocycles. The van der Waals surface area contributed by atoms with Crippen molar-refractivity contribution in [3.05, 3.63) is 53.6 Å². The van der Waals surface area contributed by atoms with Gasteiger partial charge in [-0.2, -0.15) is 0 Å². The van der Waals surface area contributed by atoms with Crippen molar-refractivity contribution in [2.24, 2.45) is 5.92 Å². The highest BCUT2D eigenvalue weighted by atomic mass is 19.3. The summed E-state index contributed by atoms with van der Waals surface area (Å²) >= 11 is 0. The van der Waals surface area contributed by atoms with E-state index in [9.17, 15) is 28.0 Å². The molecule has 332 valence electrons. The van der Waals surface area contributed by atoms with Gasteiger partial charge in [0.2, 0.25) is 23.6 Å². The third kappa shape index (κ3) is 9.51. The van der Waals surface area contributed by atoms with Crippen LogP contribution in [0.3, 0.4) is 0 Å². The van der Waals surface area contributed by atoms with E-state index in [2.05, 4.69) is 26.3 Å². The van der Waals surface area contributed by atoms with Crippen LogP contribution in [0.15, 0.2) is 36.4 Å². The maximum atomic E-state index is 15.4. The molecule has 2 saturated heterocycles. The highest BCUT2D eigenvalue weighted by Crippen LogP contribution is 2.40. The average Bonchev–Trinajstić information content (AvgIpc) is 3.92. The van der Waals surface area contributed by atoms with Crippen LogP contribution in [0.4, 0.5) is 26.3 Å². The second kappa shape index (κ2) is 17.7. The highest BCUT2D eigenvalue weighted by molar-refractivity contribution is 5.93. The van der Waals surface area contributed by atoms with Gasteiger partial charge >= 0.3 is 0 Å². The van der Waals surface area contributed by atoms with E-state index in [1.807, 2.05) is 0 Å². The highest BCUT2D eigenvalue weighted by Gasteiger charge is 2.50. The van der Waals surface area contributed by atoms with Gasteiger partial charge in [-0.3, -0.25) is 19.2 Å². The fraction of sp³-hybridized carbons (Fsp3) is 0.548. The van der Waals surface area contributed by atoms with Gasteiger partial charge in [0.05, 0.1) is 47.9 Å². The zero-order valence-electron chi connectivity index (χ0n) is 35.1. The average molecular weight is 862 g/mol. The first-order chi connectivity index (χ1) is 28.7. The predicted octanol–water partition coefficient (Wildman–Crippen LogP) is 4.73. The van der Waals surface area contributed by atoms with E-state index in [0.717, 1.165) is 21.9 Å². The molecule has 0 spiro atoms. The van der Waals surface area contributed by atoms with Crippen molar-refractivity contribution in [1.82, 2.24) is 45.6 Å². The molecule has 19 heteroatoms.